The highest BCUT2D eigenvalue weighted by Gasteiger charge is 2.22. The van der Waals surface area contributed by atoms with E-state index in [0.717, 1.165) is 38.8 Å². The Bertz CT molecular complexity index is 164. The summed E-state index contributed by atoms with van der Waals surface area (Å²) in [6, 6.07) is 0.642. The minimum atomic E-state index is 0.642. The zero-order valence-electron chi connectivity index (χ0n) is 10.5. The molecule has 0 amide bonds. The van der Waals surface area contributed by atoms with Crippen LogP contribution >= 0.6 is 0 Å². The number of nitrogens with zero attached hydrogens (tertiary/aromatic N) is 1. The molecule has 3 heteroatoms. The predicted molar refractivity (Wildman–Crippen MR) is 64.2 cm³/mol. The zero-order valence-corrected chi connectivity index (χ0v) is 10.5. The average molecular weight is 214 g/mol. The molecule has 1 N–H and O–H groups in total. The SMILES string of the molecule is CCNCC(C)CN1CCOCC1CC. The first-order valence-corrected chi connectivity index (χ1v) is 6.30. The van der Waals surface area contributed by atoms with Crippen molar-refractivity contribution in [2.24, 2.45) is 5.92 Å². The smallest absolute Gasteiger partial charge is 0.0622 e. The molecule has 15 heavy (non-hydrogen) atoms. The molecule has 1 aliphatic rings. The van der Waals surface area contributed by atoms with Gasteiger partial charge in [0.15, 0.2) is 0 Å². The van der Waals surface area contributed by atoms with E-state index in [2.05, 4.69) is 31.0 Å². The Hall–Kier alpha value is -0.120. The lowest BCUT2D eigenvalue weighted by Gasteiger charge is -2.36. The van der Waals surface area contributed by atoms with Crippen LogP contribution in [0.25, 0.3) is 0 Å². The van der Waals surface area contributed by atoms with E-state index in [0.29, 0.717) is 6.04 Å². The van der Waals surface area contributed by atoms with Crippen molar-refractivity contribution in [3.63, 3.8) is 0 Å². The highest BCUT2D eigenvalue weighted by molar-refractivity contribution is 4.76. The molecule has 90 valence electrons. The number of hydrogen-bond donors (Lipinski definition) is 1. The molecule has 1 heterocycles. The maximum absolute atomic E-state index is 5.51. The van der Waals surface area contributed by atoms with Gasteiger partial charge in [-0.1, -0.05) is 20.8 Å². The first-order chi connectivity index (χ1) is 7.27. The quantitative estimate of drug-likeness (QED) is 0.722. The third-order valence-corrected chi connectivity index (χ3v) is 3.11. The number of hydrogen-bond acceptors (Lipinski definition) is 3. The molecular weight excluding hydrogens is 188 g/mol. The first-order valence-electron chi connectivity index (χ1n) is 6.30. The first kappa shape index (κ1) is 12.9. The molecule has 0 aromatic heterocycles. The van der Waals surface area contributed by atoms with Gasteiger partial charge < -0.3 is 10.1 Å². The molecule has 0 aromatic carbocycles. The fourth-order valence-corrected chi connectivity index (χ4v) is 2.16. The van der Waals surface area contributed by atoms with Crippen LogP contribution in [0.4, 0.5) is 0 Å². The molecule has 1 aliphatic heterocycles. The minimum Gasteiger partial charge on any atom is -0.378 e. The lowest BCUT2D eigenvalue weighted by atomic mass is 10.1. The highest BCUT2D eigenvalue weighted by atomic mass is 16.5. The van der Waals surface area contributed by atoms with Crippen LogP contribution in [-0.4, -0.2) is 50.3 Å². The third-order valence-electron chi connectivity index (χ3n) is 3.11. The van der Waals surface area contributed by atoms with E-state index in [9.17, 15) is 0 Å². The minimum absolute atomic E-state index is 0.642. The number of ether oxygens (including phenoxy) is 1. The van der Waals surface area contributed by atoms with Crippen LogP contribution in [0.15, 0.2) is 0 Å². The van der Waals surface area contributed by atoms with E-state index in [1.807, 2.05) is 0 Å². The van der Waals surface area contributed by atoms with E-state index in [1.54, 1.807) is 0 Å². The van der Waals surface area contributed by atoms with Gasteiger partial charge in [-0.05, 0) is 25.4 Å². The van der Waals surface area contributed by atoms with Crippen LogP contribution in [0.3, 0.4) is 0 Å². The summed E-state index contributed by atoms with van der Waals surface area (Å²) in [5.41, 5.74) is 0. The lowest BCUT2D eigenvalue weighted by molar-refractivity contribution is -0.0142. The van der Waals surface area contributed by atoms with Gasteiger partial charge in [-0.3, -0.25) is 4.90 Å². The maximum Gasteiger partial charge on any atom is 0.0622 e. The molecule has 3 nitrogen and oxygen atoms in total. The fourth-order valence-electron chi connectivity index (χ4n) is 2.16. The van der Waals surface area contributed by atoms with Crippen molar-refractivity contribution >= 4 is 0 Å². The van der Waals surface area contributed by atoms with Crippen LogP contribution in [0, 0.1) is 5.92 Å². The van der Waals surface area contributed by atoms with E-state index in [1.165, 1.54) is 13.0 Å². The fraction of sp³-hybridized carbons (Fsp3) is 1.00. The molecule has 0 saturated carbocycles. The van der Waals surface area contributed by atoms with Crippen molar-refractivity contribution in [3.05, 3.63) is 0 Å². The molecule has 1 fully saturated rings. The summed E-state index contributed by atoms with van der Waals surface area (Å²) >= 11 is 0. The van der Waals surface area contributed by atoms with Gasteiger partial charge in [-0.2, -0.15) is 0 Å². The molecule has 1 rings (SSSR count). The third kappa shape index (κ3) is 4.49. The molecule has 0 bridgehead atoms. The Labute approximate surface area is 94.2 Å². The van der Waals surface area contributed by atoms with Gasteiger partial charge in [0.2, 0.25) is 0 Å². The van der Waals surface area contributed by atoms with Crippen LogP contribution in [0.1, 0.15) is 27.2 Å². The Morgan fingerprint density at radius 1 is 1.47 bits per heavy atom. The normalized spacial score (nSPS) is 25.4. The topological polar surface area (TPSA) is 24.5 Å². The van der Waals surface area contributed by atoms with E-state index in [4.69, 9.17) is 4.74 Å². The zero-order chi connectivity index (χ0) is 11.1. The summed E-state index contributed by atoms with van der Waals surface area (Å²) in [6.07, 6.45) is 1.20. The van der Waals surface area contributed by atoms with Gasteiger partial charge in [0, 0.05) is 19.1 Å². The molecule has 2 atom stereocenters. The van der Waals surface area contributed by atoms with Crippen molar-refractivity contribution in [1.82, 2.24) is 10.2 Å². The Balaban J connectivity index is 2.27. The van der Waals surface area contributed by atoms with Crippen molar-refractivity contribution in [3.8, 4) is 0 Å². The second kappa shape index (κ2) is 7.20. The summed E-state index contributed by atoms with van der Waals surface area (Å²) in [5.74, 6) is 0.733. The molecule has 2 unspecified atom stereocenters. The number of morpholine rings is 1. The summed E-state index contributed by atoms with van der Waals surface area (Å²) in [4.78, 5) is 2.59. The van der Waals surface area contributed by atoms with Gasteiger partial charge in [0.1, 0.15) is 0 Å². The summed E-state index contributed by atoms with van der Waals surface area (Å²) in [6.45, 7) is 13.1. The van der Waals surface area contributed by atoms with Crippen LogP contribution in [-0.2, 0) is 4.74 Å². The number of rotatable bonds is 6. The van der Waals surface area contributed by atoms with E-state index in [-0.39, 0.29) is 0 Å². The molecule has 0 aromatic rings. The largest absolute Gasteiger partial charge is 0.378 e. The summed E-state index contributed by atoms with van der Waals surface area (Å²) in [7, 11) is 0. The summed E-state index contributed by atoms with van der Waals surface area (Å²) < 4.78 is 5.51. The molecule has 0 spiro atoms. The van der Waals surface area contributed by atoms with Crippen molar-refractivity contribution < 1.29 is 4.74 Å². The van der Waals surface area contributed by atoms with Crippen molar-refractivity contribution in [2.75, 3.05) is 39.4 Å². The maximum atomic E-state index is 5.51. The Morgan fingerprint density at radius 2 is 2.27 bits per heavy atom. The predicted octanol–water partition coefficient (Wildman–Crippen LogP) is 1.34. The molecule has 0 aliphatic carbocycles. The second-order valence-corrected chi connectivity index (χ2v) is 4.54. The molecular formula is C12H26N2O. The van der Waals surface area contributed by atoms with Gasteiger partial charge in [-0.15, -0.1) is 0 Å². The van der Waals surface area contributed by atoms with Crippen LogP contribution in [0.2, 0.25) is 0 Å². The van der Waals surface area contributed by atoms with Gasteiger partial charge in [-0.25, -0.2) is 0 Å². The number of nitrogens with one attached hydrogen (secondary N) is 1. The van der Waals surface area contributed by atoms with Crippen molar-refractivity contribution in [2.45, 2.75) is 33.2 Å². The Morgan fingerprint density at radius 3 is 2.93 bits per heavy atom. The van der Waals surface area contributed by atoms with Crippen LogP contribution < -0.4 is 5.32 Å². The molecule has 1 saturated heterocycles. The second-order valence-electron chi connectivity index (χ2n) is 4.54. The van der Waals surface area contributed by atoms with Crippen LogP contribution in [0.5, 0.6) is 0 Å². The van der Waals surface area contributed by atoms with Crippen molar-refractivity contribution in [1.29, 1.82) is 0 Å². The summed E-state index contributed by atoms with van der Waals surface area (Å²) in [5, 5.41) is 3.41. The van der Waals surface area contributed by atoms with E-state index >= 15 is 0 Å². The average Bonchev–Trinajstić information content (AvgIpc) is 2.27. The van der Waals surface area contributed by atoms with Gasteiger partial charge in [0.25, 0.3) is 0 Å². The molecule has 0 radical (unpaired) electrons. The van der Waals surface area contributed by atoms with Gasteiger partial charge in [0.05, 0.1) is 13.2 Å². The lowest BCUT2D eigenvalue weighted by Crippen LogP contribution is -2.47. The monoisotopic (exact) mass is 214 g/mol. The highest BCUT2D eigenvalue weighted by Crippen LogP contribution is 2.12. The van der Waals surface area contributed by atoms with E-state index < -0.39 is 0 Å². The standard InChI is InChI=1S/C12H26N2O/c1-4-12-10-15-7-6-14(12)9-11(3)8-13-5-2/h11-13H,4-10H2,1-3H3. The van der Waals surface area contributed by atoms with Gasteiger partial charge >= 0.3 is 0 Å². The Kier molecular flexibility index (Phi) is 6.22.